The van der Waals surface area contributed by atoms with Gasteiger partial charge < -0.3 is 8.85 Å². The van der Waals surface area contributed by atoms with E-state index < -0.39 is 8.32 Å². The van der Waals surface area contributed by atoms with E-state index in [9.17, 15) is 4.79 Å². The number of hydrogen-bond acceptors (Lipinski definition) is 3. The van der Waals surface area contributed by atoms with E-state index in [0.29, 0.717) is 6.61 Å². The van der Waals surface area contributed by atoms with Crippen LogP contribution in [0.2, 0.25) is 19.1 Å². The maximum absolute atomic E-state index is 10.6. The fraction of sp³-hybridized carbons (Fsp3) is 0.625. The molecule has 0 saturated heterocycles. The Morgan fingerprint density at radius 3 is 2.69 bits per heavy atom. The molecule has 0 unspecified atom stereocenters. The fourth-order valence-electron chi connectivity index (χ4n) is 0.781. The monoisotopic (exact) mass is 215 g/mol. The Hall–Kier alpha value is -0.396. The number of esters is 1. The first-order chi connectivity index (χ1) is 6.02. The van der Waals surface area contributed by atoms with Crippen molar-refractivity contribution in [3.05, 3.63) is 12.7 Å². The van der Waals surface area contributed by atoms with E-state index in [0.717, 1.165) is 12.5 Å². The van der Waals surface area contributed by atoms with Gasteiger partial charge in [-0.15, -0.1) is 0 Å². The Labute approximate surface area is 83.8 Å². The molecular formula is C8H15O3Si2. The molecule has 0 aromatic heterocycles. The van der Waals surface area contributed by atoms with Crippen molar-refractivity contribution in [2.45, 2.75) is 25.6 Å². The van der Waals surface area contributed by atoms with Crippen molar-refractivity contribution in [2.75, 3.05) is 6.61 Å². The van der Waals surface area contributed by atoms with E-state index in [2.05, 4.69) is 30.2 Å². The Morgan fingerprint density at radius 2 is 2.23 bits per heavy atom. The summed E-state index contributed by atoms with van der Waals surface area (Å²) < 4.78 is 9.98. The number of carbonyl (C=O) groups excluding carboxylic acids is 1. The van der Waals surface area contributed by atoms with E-state index in [4.69, 9.17) is 8.85 Å². The topological polar surface area (TPSA) is 35.5 Å². The molecule has 0 aliphatic carbocycles. The second kappa shape index (κ2) is 6.12. The summed E-state index contributed by atoms with van der Waals surface area (Å²) in [6.07, 6.45) is 2.01. The van der Waals surface area contributed by atoms with E-state index in [1.165, 1.54) is 6.08 Å². The van der Waals surface area contributed by atoms with Crippen LogP contribution in [0.15, 0.2) is 12.7 Å². The zero-order valence-electron chi connectivity index (χ0n) is 8.13. The molecule has 0 amide bonds. The molecule has 0 aromatic rings. The minimum atomic E-state index is -1.56. The number of carbonyl (C=O) groups is 1. The van der Waals surface area contributed by atoms with Crippen molar-refractivity contribution in [2.24, 2.45) is 0 Å². The zero-order valence-corrected chi connectivity index (χ0v) is 10.1. The van der Waals surface area contributed by atoms with Crippen molar-refractivity contribution in [1.82, 2.24) is 0 Å². The number of hydrogen-bond donors (Lipinski definition) is 0. The normalized spacial score (nSPS) is 11.0. The molecule has 0 N–H and O–H groups in total. The quantitative estimate of drug-likeness (QED) is 0.291. The molecule has 0 rings (SSSR count). The van der Waals surface area contributed by atoms with E-state index >= 15 is 0 Å². The second-order valence-electron chi connectivity index (χ2n) is 3.34. The first-order valence-corrected chi connectivity index (χ1v) is 7.68. The molecule has 0 bridgehead atoms. The number of rotatable bonds is 6. The van der Waals surface area contributed by atoms with Crippen LogP contribution in [-0.2, 0) is 13.6 Å². The molecular weight excluding hydrogens is 200 g/mol. The lowest BCUT2D eigenvalue weighted by Crippen LogP contribution is -2.29. The molecule has 0 saturated carbocycles. The van der Waals surface area contributed by atoms with Gasteiger partial charge in [-0.3, -0.25) is 0 Å². The molecule has 0 aliphatic rings. The fourth-order valence-corrected chi connectivity index (χ4v) is 2.18. The van der Waals surface area contributed by atoms with Gasteiger partial charge in [0.15, 0.2) is 8.32 Å². The van der Waals surface area contributed by atoms with Crippen LogP contribution in [0.4, 0.5) is 0 Å². The molecule has 73 valence electrons. The summed E-state index contributed by atoms with van der Waals surface area (Å²) in [5.74, 6) is -0.362. The lowest BCUT2D eigenvalue weighted by atomic mass is 10.5. The molecule has 5 heteroatoms. The SMILES string of the molecule is C=CC(=O)OCCC[Si](C)(C)O[Si]. The van der Waals surface area contributed by atoms with Crippen LogP contribution in [0, 0.1) is 0 Å². The van der Waals surface area contributed by atoms with E-state index in [1.807, 2.05) is 0 Å². The van der Waals surface area contributed by atoms with Gasteiger partial charge >= 0.3 is 5.97 Å². The highest BCUT2D eigenvalue weighted by Crippen LogP contribution is 2.11. The van der Waals surface area contributed by atoms with Gasteiger partial charge in [0.1, 0.15) is 0 Å². The first-order valence-electron chi connectivity index (χ1n) is 4.16. The molecule has 0 fully saturated rings. The van der Waals surface area contributed by atoms with Crippen molar-refractivity contribution < 1.29 is 13.6 Å². The van der Waals surface area contributed by atoms with Gasteiger partial charge in [-0.25, -0.2) is 4.79 Å². The van der Waals surface area contributed by atoms with Crippen LogP contribution in [0.1, 0.15) is 6.42 Å². The van der Waals surface area contributed by atoms with Crippen LogP contribution in [0.3, 0.4) is 0 Å². The maximum atomic E-state index is 10.6. The summed E-state index contributed by atoms with van der Waals surface area (Å²) >= 11 is 0. The highest BCUT2D eigenvalue weighted by Gasteiger charge is 2.19. The molecule has 13 heavy (non-hydrogen) atoms. The molecule has 0 spiro atoms. The second-order valence-corrected chi connectivity index (χ2v) is 8.17. The van der Waals surface area contributed by atoms with Crippen LogP contribution in [0.25, 0.3) is 0 Å². The highest BCUT2D eigenvalue weighted by molar-refractivity contribution is 6.73. The Balaban J connectivity index is 3.46. The van der Waals surface area contributed by atoms with Crippen molar-refractivity contribution in [3.63, 3.8) is 0 Å². The standard InChI is InChI=1S/C8H15O3Si2/c1-4-8(9)10-6-5-7-13(2,3)11-12/h4H,1,5-7H2,2-3H3. The van der Waals surface area contributed by atoms with Gasteiger partial charge in [-0.2, -0.15) is 0 Å². The summed E-state index contributed by atoms with van der Waals surface area (Å²) in [6, 6.07) is 0.959. The van der Waals surface area contributed by atoms with Gasteiger partial charge in [-0.1, -0.05) is 6.58 Å². The van der Waals surface area contributed by atoms with Gasteiger partial charge in [0, 0.05) is 6.08 Å². The van der Waals surface area contributed by atoms with E-state index in [-0.39, 0.29) is 5.97 Å². The average Bonchev–Trinajstić information content (AvgIpc) is 2.12. The van der Waals surface area contributed by atoms with Crippen molar-refractivity contribution in [1.29, 1.82) is 0 Å². The Morgan fingerprint density at radius 1 is 1.62 bits per heavy atom. The molecule has 3 nitrogen and oxygen atoms in total. The summed E-state index contributed by atoms with van der Waals surface area (Å²) in [6.45, 7) is 7.93. The summed E-state index contributed by atoms with van der Waals surface area (Å²) in [5, 5.41) is 0. The largest absolute Gasteiger partial charge is 0.463 e. The highest BCUT2D eigenvalue weighted by atomic mass is 28.4. The molecule has 0 heterocycles. The smallest absolute Gasteiger partial charge is 0.330 e. The van der Waals surface area contributed by atoms with Crippen molar-refractivity contribution >= 4 is 24.8 Å². The first kappa shape index (κ1) is 12.6. The minimum absolute atomic E-state index is 0.362. The maximum Gasteiger partial charge on any atom is 0.330 e. The molecule has 0 aromatic carbocycles. The van der Waals surface area contributed by atoms with Crippen molar-refractivity contribution in [3.8, 4) is 0 Å². The third-order valence-corrected chi connectivity index (χ3v) is 5.38. The van der Waals surface area contributed by atoms with Crippen LogP contribution in [-0.4, -0.2) is 31.4 Å². The summed E-state index contributed by atoms with van der Waals surface area (Å²) in [7, 11) is 1.49. The summed E-state index contributed by atoms with van der Waals surface area (Å²) in [4.78, 5) is 10.6. The predicted octanol–water partition coefficient (Wildman–Crippen LogP) is 1.41. The third kappa shape index (κ3) is 6.74. The number of ether oxygens (including phenoxy) is 1. The van der Waals surface area contributed by atoms with Gasteiger partial charge in [0.25, 0.3) is 0 Å². The summed E-state index contributed by atoms with van der Waals surface area (Å²) in [5.41, 5.74) is 0. The minimum Gasteiger partial charge on any atom is -0.463 e. The molecule has 3 radical (unpaired) electrons. The van der Waals surface area contributed by atoms with Gasteiger partial charge in [0.05, 0.1) is 6.61 Å². The van der Waals surface area contributed by atoms with Gasteiger partial charge in [-0.05, 0) is 25.6 Å². The predicted molar refractivity (Wildman–Crippen MR) is 54.9 cm³/mol. The molecule has 0 aliphatic heterocycles. The Kier molecular flexibility index (Phi) is 5.93. The van der Waals surface area contributed by atoms with E-state index in [1.54, 1.807) is 0 Å². The average molecular weight is 215 g/mol. The zero-order chi connectivity index (χ0) is 10.3. The van der Waals surface area contributed by atoms with Crippen LogP contribution >= 0.6 is 0 Å². The van der Waals surface area contributed by atoms with Gasteiger partial charge in [0.2, 0.25) is 10.5 Å². The lowest BCUT2D eigenvalue weighted by Gasteiger charge is -2.19. The Bertz CT molecular complexity index is 180. The lowest BCUT2D eigenvalue weighted by molar-refractivity contribution is -0.137. The van der Waals surface area contributed by atoms with Crippen LogP contribution in [0.5, 0.6) is 0 Å². The molecule has 0 atom stereocenters. The third-order valence-electron chi connectivity index (χ3n) is 1.61. The van der Waals surface area contributed by atoms with Crippen LogP contribution < -0.4 is 0 Å².